The van der Waals surface area contributed by atoms with E-state index in [0.29, 0.717) is 23.6 Å². The van der Waals surface area contributed by atoms with Gasteiger partial charge in [0.05, 0.1) is 0 Å². The fourth-order valence-electron chi connectivity index (χ4n) is 1.61. The van der Waals surface area contributed by atoms with Crippen LogP contribution in [0.5, 0.6) is 0 Å². The SMILES string of the molecule is NCCCCCC(=O)Cc1ccc(F)cc1Cl. The zero-order valence-corrected chi connectivity index (χ0v) is 10.5. The van der Waals surface area contributed by atoms with E-state index in [1.54, 1.807) is 6.07 Å². The molecular weight excluding hydrogens is 241 g/mol. The minimum atomic E-state index is -0.380. The van der Waals surface area contributed by atoms with Gasteiger partial charge in [0.2, 0.25) is 0 Å². The fourth-order valence-corrected chi connectivity index (χ4v) is 1.84. The minimum Gasteiger partial charge on any atom is -0.330 e. The van der Waals surface area contributed by atoms with Gasteiger partial charge in [0.15, 0.2) is 0 Å². The van der Waals surface area contributed by atoms with Crippen LogP contribution in [0.2, 0.25) is 5.02 Å². The van der Waals surface area contributed by atoms with Crippen LogP contribution in [0.4, 0.5) is 4.39 Å². The highest BCUT2D eigenvalue weighted by molar-refractivity contribution is 6.31. The lowest BCUT2D eigenvalue weighted by atomic mass is 10.0. The van der Waals surface area contributed by atoms with Gasteiger partial charge < -0.3 is 5.73 Å². The van der Waals surface area contributed by atoms with E-state index < -0.39 is 0 Å². The Morgan fingerprint density at radius 3 is 2.71 bits per heavy atom. The van der Waals surface area contributed by atoms with Gasteiger partial charge in [-0.2, -0.15) is 0 Å². The Bertz CT molecular complexity index is 382. The maximum atomic E-state index is 12.8. The number of nitrogens with two attached hydrogens (primary N) is 1. The average molecular weight is 258 g/mol. The molecule has 0 atom stereocenters. The third kappa shape index (κ3) is 5.29. The Labute approximate surface area is 106 Å². The molecule has 0 saturated carbocycles. The third-order valence-electron chi connectivity index (χ3n) is 2.56. The molecule has 0 spiro atoms. The molecule has 4 heteroatoms. The second kappa shape index (κ2) is 7.41. The molecule has 0 aliphatic carbocycles. The first-order valence-electron chi connectivity index (χ1n) is 5.79. The summed E-state index contributed by atoms with van der Waals surface area (Å²) in [6, 6.07) is 4.12. The molecule has 0 fully saturated rings. The normalized spacial score (nSPS) is 10.5. The zero-order valence-electron chi connectivity index (χ0n) is 9.72. The number of rotatable bonds is 7. The number of ketones is 1. The number of halogens is 2. The number of unbranched alkanes of at least 4 members (excludes halogenated alkanes) is 2. The highest BCUT2D eigenvalue weighted by Gasteiger charge is 2.07. The van der Waals surface area contributed by atoms with Gasteiger partial charge in [-0.3, -0.25) is 4.79 Å². The lowest BCUT2D eigenvalue weighted by molar-refractivity contribution is -0.118. The summed E-state index contributed by atoms with van der Waals surface area (Å²) in [4.78, 5) is 11.6. The zero-order chi connectivity index (χ0) is 12.7. The van der Waals surface area contributed by atoms with E-state index in [0.717, 1.165) is 19.3 Å². The lowest BCUT2D eigenvalue weighted by Crippen LogP contribution is -2.04. The van der Waals surface area contributed by atoms with Crippen molar-refractivity contribution in [1.29, 1.82) is 0 Å². The molecule has 0 saturated heterocycles. The monoisotopic (exact) mass is 257 g/mol. The molecule has 1 aromatic rings. The van der Waals surface area contributed by atoms with Crippen LogP contribution in [0.1, 0.15) is 31.2 Å². The van der Waals surface area contributed by atoms with E-state index in [-0.39, 0.29) is 18.0 Å². The molecule has 17 heavy (non-hydrogen) atoms. The summed E-state index contributed by atoms with van der Waals surface area (Å²) in [7, 11) is 0. The molecule has 1 aromatic carbocycles. The van der Waals surface area contributed by atoms with Gasteiger partial charge in [-0.1, -0.05) is 24.1 Å². The molecule has 2 N–H and O–H groups in total. The lowest BCUT2D eigenvalue weighted by Gasteiger charge is -2.04. The van der Waals surface area contributed by atoms with Crippen molar-refractivity contribution in [2.75, 3.05) is 6.54 Å². The van der Waals surface area contributed by atoms with E-state index in [4.69, 9.17) is 17.3 Å². The van der Waals surface area contributed by atoms with Crippen molar-refractivity contribution < 1.29 is 9.18 Å². The minimum absolute atomic E-state index is 0.135. The third-order valence-corrected chi connectivity index (χ3v) is 2.91. The number of carbonyl (C=O) groups excluding carboxylic acids is 1. The molecule has 0 radical (unpaired) electrons. The Morgan fingerprint density at radius 2 is 2.06 bits per heavy atom. The molecule has 0 heterocycles. The number of carbonyl (C=O) groups is 1. The van der Waals surface area contributed by atoms with Crippen LogP contribution >= 0.6 is 11.6 Å². The molecule has 0 aliphatic rings. The van der Waals surface area contributed by atoms with Gasteiger partial charge in [0.25, 0.3) is 0 Å². The summed E-state index contributed by atoms with van der Waals surface area (Å²) in [6.07, 6.45) is 3.59. The first kappa shape index (κ1) is 14.1. The second-order valence-electron chi connectivity index (χ2n) is 4.05. The molecule has 94 valence electrons. The van der Waals surface area contributed by atoms with Gasteiger partial charge in [-0.05, 0) is 37.1 Å². The standard InChI is InChI=1S/C13H17ClFNO/c14-13-9-11(15)6-5-10(13)8-12(17)4-2-1-3-7-16/h5-6,9H,1-4,7-8,16H2. The van der Waals surface area contributed by atoms with Crippen LogP contribution in [0, 0.1) is 5.82 Å². The Balaban J connectivity index is 2.40. The van der Waals surface area contributed by atoms with Crippen molar-refractivity contribution in [3.8, 4) is 0 Å². The van der Waals surface area contributed by atoms with Gasteiger partial charge in [0.1, 0.15) is 11.6 Å². The van der Waals surface area contributed by atoms with Crippen molar-refractivity contribution in [3.05, 3.63) is 34.6 Å². The summed E-state index contributed by atoms with van der Waals surface area (Å²) >= 11 is 5.85. The van der Waals surface area contributed by atoms with Gasteiger partial charge in [-0.25, -0.2) is 4.39 Å². The Hall–Kier alpha value is -0.930. The van der Waals surface area contributed by atoms with Gasteiger partial charge in [0, 0.05) is 17.9 Å². The molecule has 0 unspecified atom stereocenters. The van der Waals surface area contributed by atoms with Crippen LogP contribution in [-0.2, 0) is 11.2 Å². The van der Waals surface area contributed by atoms with Crippen molar-refractivity contribution >= 4 is 17.4 Å². The van der Waals surface area contributed by atoms with Crippen LogP contribution < -0.4 is 5.73 Å². The number of benzene rings is 1. The predicted molar refractivity (Wildman–Crippen MR) is 67.6 cm³/mol. The van der Waals surface area contributed by atoms with Crippen molar-refractivity contribution in [2.24, 2.45) is 5.73 Å². The Kier molecular flexibility index (Phi) is 6.16. The van der Waals surface area contributed by atoms with Crippen LogP contribution in [0.15, 0.2) is 18.2 Å². The number of Topliss-reactive ketones (excluding diaryl/α,β-unsaturated/α-hetero) is 1. The topological polar surface area (TPSA) is 43.1 Å². The summed E-state index contributed by atoms with van der Waals surface area (Å²) in [6.45, 7) is 0.665. The quantitative estimate of drug-likeness (QED) is 0.763. The highest BCUT2D eigenvalue weighted by Crippen LogP contribution is 2.18. The molecular formula is C13H17ClFNO. The van der Waals surface area contributed by atoms with Gasteiger partial charge in [-0.15, -0.1) is 0 Å². The van der Waals surface area contributed by atoms with Crippen molar-refractivity contribution in [3.63, 3.8) is 0 Å². The summed E-state index contributed by atoms with van der Waals surface area (Å²) in [5, 5.41) is 0.320. The van der Waals surface area contributed by atoms with Crippen LogP contribution in [0.25, 0.3) is 0 Å². The summed E-state index contributed by atoms with van der Waals surface area (Å²) in [5.41, 5.74) is 6.06. The van der Waals surface area contributed by atoms with Crippen molar-refractivity contribution in [2.45, 2.75) is 32.1 Å². The average Bonchev–Trinajstić information content (AvgIpc) is 2.28. The maximum Gasteiger partial charge on any atom is 0.137 e. The second-order valence-corrected chi connectivity index (χ2v) is 4.46. The summed E-state index contributed by atoms with van der Waals surface area (Å²) in [5.74, 6) is -0.246. The first-order chi connectivity index (χ1) is 8.13. The largest absolute Gasteiger partial charge is 0.330 e. The highest BCUT2D eigenvalue weighted by atomic mass is 35.5. The molecule has 0 aliphatic heterocycles. The molecule has 0 aromatic heterocycles. The van der Waals surface area contributed by atoms with E-state index in [1.807, 2.05) is 0 Å². The Morgan fingerprint density at radius 1 is 1.29 bits per heavy atom. The predicted octanol–water partition coefficient (Wildman–Crippen LogP) is 3.11. The maximum absolute atomic E-state index is 12.8. The smallest absolute Gasteiger partial charge is 0.137 e. The van der Waals surface area contributed by atoms with Crippen molar-refractivity contribution in [1.82, 2.24) is 0 Å². The fraction of sp³-hybridized carbons (Fsp3) is 0.462. The van der Waals surface area contributed by atoms with Gasteiger partial charge >= 0.3 is 0 Å². The van der Waals surface area contributed by atoms with Crippen LogP contribution in [-0.4, -0.2) is 12.3 Å². The molecule has 0 amide bonds. The number of hydrogen-bond acceptors (Lipinski definition) is 2. The number of hydrogen-bond donors (Lipinski definition) is 1. The van der Waals surface area contributed by atoms with E-state index in [2.05, 4.69) is 0 Å². The van der Waals surface area contributed by atoms with E-state index in [1.165, 1.54) is 12.1 Å². The first-order valence-corrected chi connectivity index (χ1v) is 6.17. The molecule has 0 bridgehead atoms. The van der Waals surface area contributed by atoms with E-state index in [9.17, 15) is 9.18 Å². The summed E-state index contributed by atoms with van der Waals surface area (Å²) < 4.78 is 12.8. The molecule has 2 nitrogen and oxygen atoms in total. The van der Waals surface area contributed by atoms with Crippen LogP contribution in [0.3, 0.4) is 0 Å². The molecule has 1 rings (SSSR count). The van der Waals surface area contributed by atoms with E-state index >= 15 is 0 Å².